The van der Waals surface area contributed by atoms with E-state index in [0.717, 1.165) is 67.3 Å². The van der Waals surface area contributed by atoms with Crippen molar-refractivity contribution in [3.63, 3.8) is 0 Å². The summed E-state index contributed by atoms with van der Waals surface area (Å²) in [7, 11) is 0. The minimum Gasteiger partial charge on any atom is -0.353 e. The zero-order valence-electron chi connectivity index (χ0n) is 33.0. The fourth-order valence-electron chi connectivity index (χ4n) is 7.72. The maximum absolute atomic E-state index is 11.4. The third-order valence-electron chi connectivity index (χ3n) is 10.6. The molecule has 0 unspecified atom stereocenters. The highest BCUT2D eigenvalue weighted by molar-refractivity contribution is 6.04. The van der Waals surface area contributed by atoms with Crippen LogP contribution in [0.2, 0.25) is 0 Å². The number of benzene rings is 8. The van der Waals surface area contributed by atoms with Gasteiger partial charge < -0.3 is 21.3 Å². The molecule has 288 valence electrons. The van der Waals surface area contributed by atoms with Gasteiger partial charge in [0.25, 0.3) is 0 Å². The zero-order valence-corrected chi connectivity index (χ0v) is 33.0. The van der Waals surface area contributed by atoms with Crippen molar-refractivity contribution in [2.75, 3.05) is 21.3 Å². The molecule has 4 N–H and O–H groups in total. The van der Waals surface area contributed by atoms with Gasteiger partial charge in [-0.3, -0.25) is 0 Å². The van der Waals surface area contributed by atoms with E-state index >= 15 is 0 Å². The lowest BCUT2D eigenvalue weighted by atomic mass is 9.96. The first-order chi connectivity index (χ1) is 30.2. The summed E-state index contributed by atoms with van der Waals surface area (Å²) in [6.45, 7) is 0. The molecule has 9 rings (SSSR count). The first kappa shape index (κ1) is 37.8. The van der Waals surface area contributed by atoms with Crippen LogP contribution in [-0.2, 0) is 0 Å². The number of hydrogen-bond donors (Lipinski definition) is 4. The van der Waals surface area contributed by atoms with Crippen LogP contribution in [0.4, 0.5) is 39.8 Å². The van der Waals surface area contributed by atoms with Crippen molar-refractivity contribution < 1.29 is 0 Å². The molecule has 0 amide bonds. The van der Waals surface area contributed by atoms with Crippen LogP contribution in [0.3, 0.4) is 0 Å². The minimum absolute atomic E-state index is 0.251. The maximum atomic E-state index is 11.4. The molecule has 8 aromatic carbocycles. The summed E-state index contributed by atoms with van der Waals surface area (Å²) in [4.78, 5) is 0. The Morgan fingerprint density at radius 3 is 1.10 bits per heavy atom. The van der Waals surface area contributed by atoms with Gasteiger partial charge in [-0.05, 0) is 46.5 Å². The number of rotatable bonds is 12. The van der Waals surface area contributed by atoms with E-state index < -0.39 is 0 Å². The predicted molar refractivity (Wildman–Crippen MR) is 251 cm³/mol. The van der Waals surface area contributed by atoms with Gasteiger partial charge in [-0.25, -0.2) is 0 Å². The van der Waals surface area contributed by atoms with Gasteiger partial charge in [0.15, 0.2) is 0 Å². The monoisotopic (exact) mass is 782 g/mol. The number of para-hydroxylation sites is 3. The van der Waals surface area contributed by atoms with Gasteiger partial charge >= 0.3 is 0 Å². The summed E-state index contributed by atoms with van der Waals surface area (Å²) >= 11 is 0. The third kappa shape index (κ3) is 7.78. The molecule has 0 radical (unpaired) electrons. The quantitative estimate of drug-likeness (QED) is 0.0922. The van der Waals surface area contributed by atoms with E-state index in [1.165, 1.54) is 0 Å². The standard InChI is InChI=1S/C55H38N6/c56-36-46-52(58-48-32-16-13-28-42(48)38-20-5-1-6-21-38)47(37-57)54(60-51-35-19-31-45(51)41-26-11-4-12-27-41)55(61-50-34-18-15-30-44(50)40-24-9-3-10-25-40)53(46)59-49-33-17-14-29-43(49)39-22-7-2-8-23-39/h1-18,20-35,58-61H. The third-order valence-corrected chi connectivity index (χ3v) is 10.6. The zero-order chi connectivity index (χ0) is 41.4. The second-order valence-electron chi connectivity index (χ2n) is 14.4. The summed E-state index contributed by atoms with van der Waals surface area (Å²) in [6.07, 6.45) is 3.83. The number of nitriles is 2. The van der Waals surface area contributed by atoms with E-state index in [2.05, 4.69) is 87.7 Å². The van der Waals surface area contributed by atoms with Crippen LogP contribution in [0.15, 0.2) is 218 Å². The average Bonchev–Trinajstić information content (AvgIpc) is 3.80. The van der Waals surface area contributed by atoms with Crippen LogP contribution in [0.1, 0.15) is 16.7 Å². The van der Waals surface area contributed by atoms with E-state index in [9.17, 15) is 10.5 Å². The first-order valence-electron chi connectivity index (χ1n) is 20.0. The number of anilines is 7. The summed E-state index contributed by atoms with van der Waals surface area (Å²) in [6, 6.07) is 69.6. The van der Waals surface area contributed by atoms with Crippen LogP contribution in [0, 0.1) is 22.7 Å². The van der Waals surface area contributed by atoms with Crippen molar-refractivity contribution in [1.29, 1.82) is 10.5 Å². The average molecular weight is 783 g/mol. The largest absolute Gasteiger partial charge is 0.353 e. The molecular weight excluding hydrogens is 745 g/mol. The lowest BCUT2D eigenvalue weighted by Crippen LogP contribution is -2.12. The van der Waals surface area contributed by atoms with Crippen LogP contribution < -0.4 is 21.3 Å². The van der Waals surface area contributed by atoms with Crippen molar-refractivity contribution in [1.82, 2.24) is 0 Å². The smallest absolute Gasteiger partial charge is 0.104 e. The summed E-state index contributed by atoms with van der Waals surface area (Å²) in [5.41, 5.74) is 16.4. The topological polar surface area (TPSA) is 95.7 Å². The second kappa shape index (κ2) is 17.4. The molecule has 0 saturated carbocycles. The molecule has 6 nitrogen and oxygen atoms in total. The molecule has 61 heavy (non-hydrogen) atoms. The molecular formula is C55H38N6. The Morgan fingerprint density at radius 2 is 0.672 bits per heavy atom. The highest BCUT2D eigenvalue weighted by Gasteiger charge is 2.28. The van der Waals surface area contributed by atoms with Gasteiger partial charge in [0.2, 0.25) is 0 Å². The number of nitrogens with zero attached hydrogens (tertiary/aromatic N) is 2. The highest BCUT2D eigenvalue weighted by Crippen LogP contribution is 2.49. The second-order valence-corrected chi connectivity index (χ2v) is 14.4. The Hall–Kier alpha value is -8.80. The molecule has 0 aliphatic heterocycles. The predicted octanol–water partition coefficient (Wildman–Crippen LogP) is 14.2. The molecule has 0 atom stereocenters. The Morgan fingerprint density at radius 1 is 0.328 bits per heavy atom. The SMILES string of the molecule is N#Cc1c(Nc2ccccc2-c2ccccc2)c(C#N)c(Nc2ccccc2-c2ccccc2)c(Nc2ccccc2-c2ccccc2)c1NC1=C(c2ccccc2)C=C=C1. The molecule has 8 aromatic rings. The van der Waals surface area contributed by atoms with Crippen LogP contribution in [-0.4, -0.2) is 0 Å². The summed E-state index contributed by atoms with van der Waals surface area (Å²) < 4.78 is 0. The summed E-state index contributed by atoms with van der Waals surface area (Å²) in [5, 5.41) is 37.7. The maximum Gasteiger partial charge on any atom is 0.104 e. The number of allylic oxidation sites excluding steroid dienone is 2. The minimum atomic E-state index is 0.251. The van der Waals surface area contributed by atoms with E-state index in [1.807, 2.05) is 158 Å². The lowest BCUT2D eigenvalue weighted by Gasteiger charge is -2.26. The molecule has 0 heterocycles. The Bertz CT molecular complexity index is 3060. The van der Waals surface area contributed by atoms with Gasteiger partial charge in [0.05, 0.1) is 28.4 Å². The van der Waals surface area contributed by atoms with Crippen molar-refractivity contribution in [2.45, 2.75) is 0 Å². The highest BCUT2D eigenvalue weighted by atomic mass is 15.0. The lowest BCUT2D eigenvalue weighted by molar-refractivity contribution is 1.37. The van der Waals surface area contributed by atoms with Crippen molar-refractivity contribution >= 4 is 45.4 Å². The van der Waals surface area contributed by atoms with E-state index in [0.29, 0.717) is 22.7 Å². The Balaban J connectivity index is 1.33. The van der Waals surface area contributed by atoms with Crippen molar-refractivity contribution in [3.05, 3.63) is 234 Å². The van der Waals surface area contributed by atoms with Gasteiger partial charge in [-0.1, -0.05) is 176 Å². The molecule has 0 saturated heterocycles. The Kier molecular flexibility index (Phi) is 10.7. The van der Waals surface area contributed by atoms with Crippen molar-refractivity contribution in [2.24, 2.45) is 0 Å². The van der Waals surface area contributed by atoms with Crippen LogP contribution >= 0.6 is 0 Å². The molecule has 0 aromatic heterocycles. The fraction of sp³-hybridized carbons (Fsp3) is 0. The molecule has 6 heteroatoms. The van der Waals surface area contributed by atoms with Gasteiger partial charge in [-0.2, -0.15) is 10.5 Å². The van der Waals surface area contributed by atoms with Crippen molar-refractivity contribution in [3.8, 4) is 45.5 Å². The van der Waals surface area contributed by atoms with E-state index in [-0.39, 0.29) is 11.1 Å². The van der Waals surface area contributed by atoms with Gasteiger partial charge in [0, 0.05) is 45.4 Å². The van der Waals surface area contributed by atoms with Gasteiger partial charge in [0.1, 0.15) is 23.3 Å². The number of hydrogen-bond acceptors (Lipinski definition) is 6. The normalized spacial score (nSPS) is 11.4. The van der Waals surface area contributed by atoms with E-state index in [4.69, 9.17) is 0 Å². The summed E-state index contributed by atoms with van der Waals surface area (Å²) in [5.74, 6) is 0. The first-order valence-corrected chi connectivity index (χ1v) is 20.0. The molecule has 1 aliphatic rings. The van der Waals surface area contributed by atoms with Crippen LogP contribution in [0.5, 0.6) is 0 Å². The molecule has 0 fully saturated rings. The number of nitrogens with one attached hydrogen (secondary N) is 4. The molecule has 1 aliphatic carbocycles. The fourth-order valence-corrected chi connectivity index (χ4v) is 7.72. The molecule has 0 spiro atoms. The van der Waals surface area contributed by atoms with Gasteiger partial charge in [-0.15, -0.1) is 5.73 Å². The van der Waals surface area contributed by atoms with Crippen LogP contribution in [0.25, 0.3) is 39.0 Å². The van der Waals surface area contributed by atoms with E-state index in [1.54, 1.807) is 0 Å². The Labute approximate surface area is 355 Å². The molecule has 0 bridgehead atoms.